The lowest BCUT2D eigenvalue weighted by Gasteiger charge is -2.17. The predicted octanol–water partition coefficient (Wildman–Crippen LogP) is 2.34. The number of ether oxygens (including phenoxy) is 2. The third kappa shape index (κ3) is 4.22. The summed E-state index contributed by atoms with van der Waals surface area (Å²) in [5.74, 6) is -2.35. The zero-order chi connectivity index (χ0) is 21.1. The van der Waals surface area contributed by atoms with E-state index in [1.807, 2.05) is 25.1 Å². The number of carbonyl (C=O) groups is 1. The van der Waals surface area contributed by atoms with Crippen molar-refractivity contribution in [1.82, 2.24) is 4.98 Å². The molecule has 0 saturated carbocycles. The molecule has 0 amide bonds. The minimum absolute atomic E-state index is 0.0131. The summed E-state index contributed by atoms with van der Waals surface area (Å²) in [6.07, 6.45) is -0.302. The quantitative estimate of drug-likeness (QED) is 0.611. The number of hydrogen-bond donors (Lipinski definition) is 2. The number of benzene rings is 1. The van der Waals surface area contributed by atoms with Crippen LogP contribution >= 0.6 is 0 Å². The van der Waals surface area contributed by atoms with Gasteiger partial charge in [-0.3, -0.25) is 14.4 Å². The number of hydrogen-bond acceptors (Lipinski definition) is 7. The highest BCUT2D eigenvalue weighted by Crippen LogP contribution is 2.33. The molecule has 0 radical (unpaired) electrons. The maximum atomic E-state index is 12.8. The van der Waals surface area contributed by atoms with Crippen molar-refractivity contribution in [2.24, 2.45) is 0 Å². The van der Waals surface area contributed by atoms with Crippen LogP contribution in [0.4, 0.5) is 0 Å². The molecule has 152 valence electrons. The van der Waals surface area contributed by atoms with E-state index in [9.17, 15) is 19.5 Å². The predicted molar refractivity (Wildman–Crippen MR) is 105 cm³/mol. The summed E-state index contributed by atoms with van der Waals surface area (Å²) in [5.41, 5.74) is 0.620. The van der Waals surface area contributed by atoms with Crippen LogP contribution in [-0.2, 0) is 20.9 Å². The van der Waals surface area contributed by atoms with E-state index in [-0.39, 0.29) is 30.1 Å². The van der Waals surface area contributed by atoms with Crippen molar-refractivity contribution >= 4 is 16.9 Å². The Bertz CT molecular complexity index is 1180. The van der Waals surface area contributed by atoms with Gasteiger partial charge in [0.15, 0.2) is 5.76 Å². The molecule has 0 saturated heterocycles. The number of esters is 1. The van der Waals surface area contributed by atoms with E-state index in [0.717, 1.165) is 17.0 Å². The standard InChI is InChI=1S/C21H21NO7/c1-11-4-5-12-7-15(21(26)22-16(12)6-11)14(9-18(24)28-3)20-19(25)17(23)8-13(29-20)10-27-2/h4-8,14,25H,9-10H2,1-3H3,(H,22,26). The van der Waals surface area contributed by atoms with Gasteiger partial charge in [0.1, 0.15) is 12.4 Å². The number of nitrogens with one attached hydrogen (secondary N) is 1. The Labute approximate surface area is 165 Å². The molecule has 8 nitrogen and oxygen atoms in total. The molecule has 8 heteroatoms. The highest BCUT2D eigenvalue weighted by Gasteiger charge is 2.29. The first kappa shape index (κ1) is 20.3. The van der Waals surface area contributed by atoms with E-state index >= 15 is 0 Å². The molecular weight excluding hydrogens is 378 g/mol. The van der Waals surface area contributed by atoms with Gasteiger partial charge >= 0.3 is 5.97 Å². The lowest BCUT2D eigenvalue weighted by atomic mass is 9.92. The maximum absolute atomic E-state index is 12.8. The van der Waals surface area contributed by atoms with Gasteiger partial charge in [-0.05, 0) is 30.0 Å². The molecule has 0 fully saturated rings. The molecule has 1 unspecified atom stereocenters. The fraction of sp³-hybridized carbons (Fsp3) is 0.286. The molecule has 2 heterocycles. The SMILES string of the molecule is COCc1cc(=O)c(O)c(C(CC(=O)OC)c2cc3ccc(C)cc3[nH]c2=O)o1. The van der Waals surface area contributed by atoms with Gasteiger partial charge in [0, 0.05) is 24.3 Å². The van der Waals surface area contributed by atoms with Gasteiger partial charge in [-0.25, -0.2) is 0 Å². The Hall–Kier alpha value is -3.39. The fourth-order valence-corrected chi connectivity index (χ4v) is 3.19. The number of aryl methyl sites for hydroxylation is 1. The van der Waals surface area contributed by atoms with Crippen molar-refractivity contribution in [1.29, 1.82) is 0 Å². The van der Waals surface area contributed by atoms with Crippen molar-refractivity contribution in [3.8, 4) is 5.75 Å². The van der Waals surface area contributed by atoms with Gasteiger partial charge in [0.2, 0.25) is 11.2 Å². The third-order valence-electron chi connectivity index (χ3n) is 4.61. The average molecular weight is 399 g/mol. The molecule has 1 aromatic carbocycles. The summed E-state index contributed by atoms with van der Waals surface area (Å²) in [6.45, 7) is 1.89. The Morgan fingerprint density at radius 3 is 2.66 bits per heavy atom. The first-order valence-corrected chi connectivity index (χ1v) is 8.89. The number of pyridine rings is 1. The highest BCUT2D eigenvalue weighted by molar-refractivity contribution is 5.80. The van der Waals surface area contributed by atoms with E-state index in [2.05, 4.69) is 4.98 Å². The van der Waals surface area contributed by atoms with E-state index in [1.165, 1.54) is 14.2 Å². The second-order valence-corrected chi connectivity index (χ2v) is 6.70. The molecule has 0 aliphatic carbocycles. The largest absolute Gasteiger partial charge is 0.502 e. The van der Waals surface area contributed by atoms with Gasteiger partial charge in [-0.1, -0.05) is 12.1 Å². The molecule has 29 heavy (non-hydrogen) atoms. The van der Waals surface area contributed by atoms with E-state index in [1.54, 1.807) is 6.07 Å². The van der Waals surface area contributed by atoms with Gasteiger partial charge in [0.05, 0.1) is 19.4 Å². The summed E-state index contributed by atoms with van der Waals surface area (Å²) in [6, 6.07) is 8.26. The second-order valence-electron chi connectivity index (χ2n) is 6.70. The summed E-state index contributed by atoms with van der Waals surface area (Å²) in [7, 11) is 2.64. The normalized spacial score (nSPS) is 12.1. The van der Waals surface area contributed by atoms with Gasteiger partial charge in [0.25, 0.3) is 5.56 Å². The molecule has 2 aromatic heterocycles. The van der Waals surface area contributed by atoms with Gasteiger partial charge in [-0.15, -0.1) is 0 Å². The topological polar surface area (TPSA) is 119 Å². The van der Waals surface area contributed by atoms with Crippen LogP contribution in [0.15, 0.2) is 44.3 Å². The van der Waals surface area contributed by atoms with Crippen LogP contribution in [0, 0.1) is 6.92 Å². The molecule has 2 N–H and O–H groups in total. The van der Waals surface area contributed by atoms with Gasteiger partial charge < -0.3 is 24.0 Å². The summed E-state index contributed by atoms with van der Waals surface area (Å²) in [5, 5.41) is 11.1. The molecule has 0 aliphatic heterocycles. The van der Waals surface area contributed by atoms with Crippen molar-refractivity contribution in [2.45, 2.75) is 25.9 Å². The first-order valence-electron chi connectivity index (χ1n) is 8.89. The Balaban J connectivity index is 2.24. The van der Waals surface area contributed by atoms with Crippen LogP contribution < -0.4 is 11.0 Å². The zero-order valence-corrected chi connectivity index (χ0v) is 16.3. The van der Waals surface area contributed by atoms with Crippen LogP contribution in [0.5, 0.6) is 5.75 Å². The zero-order valence-electron chi connectivity index (χ0n) is 16.3. The number of aromatic amines is 1. The number of H-pyrrole nitrogens is 1. The van der Waals surface area contributed by atoms with Crippen molar-refractivity contribution in [3.63, 3.8) is 0 Å². The number of fused-ring (bicyclic) bond motifs is 1. The van der Waals surface area contributed by atoms with Crippen LogP contribution in [0.2, 0.25) is 0 Å². The second kappa shape index (κ2) is 8.32. The molecule has 1 atom stereocenters. The van der Waals surface area contributed by atoms with Crippen LogP contribution in [0.1, 0.15) is 35.0 Å². The van der Waals surface area contributed by atoms with E-state index < -0.39 is 28.6 Å². The first-order chi connectivity index (χ1) is 13.8. The fourth-order valence-electron chi connectivity index (χ4n) is 3.19. The number of methoxy groups -OCH3 is 2. The van der Waals surface area contributed by atoms with Crippen LogP contribution in [-0.4, -0.2) is 30.3 Å². The molecular formula is C21H21NO7. The summed E-state index contributed by atoms with van der Waals surface area (Å²) >= 11 is 0. The van der Waals surface area contributed by atoms with Crippen LogP contribution in [0.3, 0.4) is 0 Å². The summed E-state index contributed by atoms with van der Waals surface area (Å²) in [4.78, 5) is 39.8. The average Bonchev–Trinajstić information content (AvgIpc) is 2.68. The molecule has 3 rings (SSSR count). The summed E-state index contributed by atoms with van der Waals surface area (Å²) < 4.78 is 15.4. The van der Waals surface area contributed by atoms with E-state index in [4.69, 9.17) is 13.9 Å². The van der Waals surface area contributed by atoms with Gasteiger partial charge in [-0.2, -0.15) is 0 Å². The smallest absolute Gasteiger partial charge is 0.306 e. The Morgan fingerprint density at radius 2 is 1.97 bits per heavy atom. The lowest BCUT2D eigenvalue weighted by Crippen LogP contribution is -2.21. The third-order valence-corrected chi connectivity index (χ3v) is 4.61. The molecule has 0 aliphatic rings. The highest BCUT2D eigenvalue weighted by atomic mass is 16.5. The minimum Gasteiger partial charge on any atom is -0.502 e. The minimum atomic E-state index is -1.03. The number of carbonyl (C=O) groups excluding carboxylic acids is 1. The van der Waals surface area contributed by atoms with Crippen molar-refractivity contribution in [2.75, 3.05) is 14.2 Å². The number of rotatable bonds is 6. The number of aromatic hydroxyl groups is 1. The Kier molecular flexibility index (Phi) is 5.84. The maximum Gasteiger partial charge on any atom is 0.306 e. The van der Waals surface area contributed by atoms with E-state index in [0.29, 0.717) is 5.52 Å². The van der Waals surface area contributed by atoms with Crippen molar-refractivity contribution in [3.05, 3.63) is 73.6 Å². The Morgan fingerprint density at radius 1 is 1.21 bits per heavy atom. The molecule has 0 spiro atoms. The van der Waals surface area contributed by atoms with Crippen LogP contribution in [0.25, 0.3) is 10.9 Å². The van der Waals surface area contributed by atoms with Crippen molar-refractivity contribution < 1.29 is 23.8 Å². The molecule has 3 aromatic rings. The monoisotopic (exact) mass is 399 g/mol. The number of aromatic nitrogens is 1. The molecule has 0 bridgehead atoms. The lowest BCUT2D eigenvalue weighted by molar-refractivity contribution is -0.140.